The summed E-state index contributed by atoms with van der Waals surface area (Å²) in [4.78, 5) is 60.2. The maximum atomic E-state index is 13.6. The molecule has 39 heavy (non-hydrogen) atoms. The van der Waals surface area contributed by atoms with Crippen molar-refractivity contribution in [3.63, 3.8) is 0 Å². The number of carbonyl (C=O) groups is 4. The number of hydrogen-bond acceptors (Lipinski definition) is 9. The largest absolute Gasteiger partial charge is 0.505 e. The molecule has 0 saturated carbocycles. The van der Waals surface area contributed by atoms with E-state index in [0.29, 0.717) is 0 Å². The van der Waals surface area contributed by atoms with E-state index in [1.54, 1.807) is 38.4 Å². The number of aliphatic hydroxyl groups excluding tert-OH is 1. The maximum Gasteiger partial charge on any atom is 0.329 e. The molecule has 2 aromatic heterocycles. The summed E-state index contributed by atoms with van der Waals surface area (Å²) in [7, 11) is 0. The summed E-state index contributed by atoms with van der Waals surface area (Å²) >= 11 is 0. The van der Waals surface area contributed by atoms with Crippen LogP contribution in [0.2, 0.25) is 0 Å². The first kappa shape index (κ1) is 29.5. The van der Waals surface area contributed by atoms with E-state index in [-0.39, 0.29) is 30.3 Å². The van der Waals surface area contributed by atoms with Crippen LogP contribution in [0.1, 0.15) is 43.7 Å². The minimum Gasteiger partial charge on any atom is -0.505 e. The van der Waals surface area contributed by atoms with Crippen LogP contribution in [-0.4, -0.2) is 74.7 Å². The quantitative estimate of drug-likeness (QED) is 0.322. The summed E-state index contributed by atoms with van der Waals surface area (Å²) in [5.41, 5.74) is 0.494. The Kier molecular flexibility index (Phi) is 9.94. The fourth-order valence-corrected chi connectivity index (χ4v) is 4.27. The van der Waals surface area contributed by atoms with Gasteiger partial charge in [0.25, 0.3) is 5.91 Å². The van der Waals surface area contributed by atoms with E-state index in [9.17, 15) is 29.4 Å². The standard InChI is InChI=1S/C27H35N5O7/c1-14(2)21-27(38)39-16(4)18(13-30-26(37)22-20(33)8-6-10-29-22)25(36)31-19(11-17-7-5-9-28-12-17)23(34)15(3)24(35)32-21/h5-10,12,14-16,18-19,21,23,33-34H,11,13H2,1-4H3,(H,30,37)(H,31,36)(H,32,35)/t15-,16-,18+,19+,21?,23+/m1/s1. The Morgan fingerprint density at radius 3 is 2.46 bits per heavy atom. The highest BCUT2D eigenvalue weighted by atomic mass is 16.5. The van der Waals surface area contributed by atoms with Gasteiger partial charge in [0.05, 0.1) is 24.0 Å². The highest BCUT2D eigenvalue weighted by Gasteiger charge is 2.39. The number of pyridine rings is 2. The van der Waals surface area contributed by atoms with Gasteiger partial charge in [-0.15, -0.1) is 0 Å². The van der Waals surface area contributed by atoms with E-state index in [2.05, 4.69) is 25.9 Å². The fraction of sp³-hybridized carbons (Fsp3) is 0.481. The molecule has 0 radical (unpaired) electrons. The second-order valence-corrected chi connectivity index (χ2v) is 10.0. The molecule has 1 fully saturated rings. The Balaban J connectivity index is 1.93. The molecule has 0 spiro atoms. The monoisotopic (exact) mass is 541 g/mol. The summed E-state index contributed by atoms with van der Waals surface area (Å²) in [5.74, 6) is -5.37. The van der Waals surface area contributed by atoms with Crippen LogP contribution in [0.5, 0.6) is 5.75 Å². The van der Waals surface area contributed by atoms with E-state index >= 15 is 0 Å². The van der Waals surface area contributed by atoms with Crippen molar-refractivity contribution in [1.82, 2.24) is 25.9 Å². The molecule has 1 aliphatic rings. The lowest BCUT2D eigenvalue weighted by atomic mass is 9.90. The second kappa shape index (κ2) is 13.1. The van der Waals surface area contributed by atoms with Crippen LogP contribution in [-0.2, 0) is 25.5 Å². The van der Waals surface area contributed by atoms with Gasteiger partial charge in [0, 0.05) is 25.1 Å². The average molecular weight is 542 g/mol. The number of nitrogens with one attached hydrogen (secondary N) is 3. The third-order valence-corrected chi connectivity index (χ3v) is 6.75. The molecule has 5 N–H and O–H groups in total. The van der Waals surface area contributed by atoms with E-state index in [1.807, 2.05) is 0 Å². The molecular weight excluding hydrogens is 506 g/mol. The Morgan fingerprint density at radius 2 is 1.82 bits per heavy atom. The van der Waals surface area contributed by atoms with Crippen molar-refractivity contribution in [3.8, 4) is 5.75 Å². The van der Waals surface area contributed by atoms with Crippen LogP contribution in [0.25, 0.3) is 0 Å². The van der Waals surface area contributed by atoms with Crippen molar-refractivity contribution < 1.29 is 34.1 Å². The smallest absolute Gasteiger partial charge is 0.329 e. The first-order valence-electron chi connectivity index (χ1n) is 12.8. The molecule has 1 aliphatic heterocycles. The number of nitrogens with zero attached hydrogens (tertiary/aromatic N) is 2. The molecule has 2 aromatic rings. The number of rotatable bonds is 6. The molecule has 12 nitrogen and oxygen atoms in total. The van der Waals surface area contributed by atoms with Gasteiger partial charge < -0.3 is 30.9 Å². The van der Waals surface area contributed by atoms with Gasteiger partial charge in [-0.05, 0) is 43.0 Å². The van der Waals surface area contributed by atoms with Gasteiger partial charge in [-0.1, -0.05) is 26.8 Å². The minimum absolute atomic E-state index is 0.168. The van der Waals surface area contributed by atoms with Crippen molar-refractivity contribution >= 4 is 23.7 Å². The van der Waals surface area contributed by atoms with Crippen molar-refractivity contribution in [2.75, 3.05) is 6.54 Å². The first-order valence-corrected chi connectivity index (χ1v) is 12.8. The summed E-state index contributed by atoms with van der Waals surface area (Å²) < 4.78 is 5.60. The molecule has 3 rings (SSSR count). The molecule has 0 aromatic carbocycles. The number of ether oxygens (including phenoxy) is 1. The predicted octanol–water partition coefficient (Wildman–Crippen LogP) is 0.339. The van der Waals surface area contributed by atoms with Crippen LogP contribution in [0, 0.1) is 17.8 Å². The lowest BCUT2D eigenvalue weighted by molar-refractivity contribution is -0.159. The number of aliphatic hydroxyl groups is 1. The van der Waals surface area contributed by atoms with Gasteiger partial charge in [-0.3, -0.25) is 19.4 Å². The SMILES string of the molecule is CC(C)C1NC(=O)[C@H](C)[C@H](O)[C@H](Cc2cccnc2)NC(=O)[C@@H](CNC(=O)c2ncccc2O)[C@@H](C)OC1=O. The maximum absolute atomic E-state index is 13.6. The first-order chi connectivity index (χ1) is 18.5. The zero-order valence-electron chi connectivity index (χ0n) is 22.3. The number of hydrogen-bond donors (Lipinski definition) is 5. The van der Waals surface area contributed by atoms with Crippen molar-refractivity contribution in [1.29, 1.82) is 0 Å². The van der Waals surface area contributed by atoms with Crippen molar-refractivity contribution in [3.05, 3.63) is 54.1 Å². The summed E-state index contributed by atoms with van der Waals surface area (Å²) in [6.45, 7) is 6.22. The molecule has 210 valence electrons. The third kappa shape index (κ3) is 7.50. The van der Waals surface area contributed by atoms with Gasteiger partial charge in [0.2, 0.25) is 11.8 Å². The highest BCUT2D eigenvalue weighted by molar-refractivity contribution is 5.95. The van der Waals surface area contributed by atoms with Gasteiger partial charge in [0.15, 0.2) is 5.69 Å². The van der Waals surface area contributed by atoms with Crippen LogP contribution in [0.3, 0.4) is 0 Å². The number of cyclic esters (lactones) is 1. The van der Waals surface area contributed by atoms with Crippen LogP contribution < -0.4 is 16.0 Å². The van der Waals surface area contributed by atoms with E-state index in [1.165, 1.54) is 32.2 Å². The number of aromatic nitrogens is 2. The molecule has 1 unspecified atom stereocenters. The van der Waals surface area contributed by atoms with Crippen LogP contribution in [0.15, 0.2) is 42.9 Å². The van der Waals surface area contributed by atoms with E-state index in [0.717, 1.165) is 5.56 Å². The van der Waals surface area contributed by atoms with E-state index in [4.69, 9.17) is 4.74 Å². The third-order valence-electron chi connectivity index (χ3n) is 6.75. The normalized spacial score (nSPS) is 26.5. The van der Waals surface area contributed by atoms with Crippen LogP contribution in [0.4, 0.5) is 0 Å². The van der Waals surface area contributed by atoms with Crippen LogP contribution >= 0.6 is 0 Å². The van der Waals surface area contributed by atoms with Crippen molar-refractivity contribution in [2.24, 2.45) is 17.8 Å². The van der Waals surface area contributed by atoms with Gasteiger partial charge in [0.1, 0.15) is 17.9 Å². The zero-order chi connectivity index (χ0) is 28.7. The molecule has 0 aliphatic carbocycles. The molecule has 12 heteroatoms. The summed E-state index contributed by atoms with van der Waals surface area (Å²) in [6.07, 6.45) is 2.36. The highest BCUT2D eigenvalue weighted by Crippen LogP contribution is 2.19. The Hall–Kier alpha value is -4.06. The minimum atomic E-state index is -1.31. The number of aromatic hydroxyl groups is 1. The molecule has 6 atom stereocenters. The molecule has 1 saturated heterocycles. The molecule has 3 amide bonds. The molecular formula is C27H35N5O7. The summed E-state index contributed by atoms with van der Waals surface area (Å²) in [6, 6.07) is 4.35. The topological polar surface area (TPSA) is 180 Å². The number of carbonyl (C=O) groups excluding carboxylic acids is 4. The van der Waals surface area contributed by atoms with Crippen molar-refractivity contribution in [2.45, 2.75) is 58.4 Å². The summed E-state index contributed by atoms with van der Waals surface area (Å²) in [5, 5.41) is 29.2. The molecule has 3 heterocycles. The zero-order valence-corrected chi connectivity index (χ0v) is 22.3. The Bertz CT molecular complexity index is 1180. The van der Waals surface area contributed by atoms with Gasteiger partial charge >= 0.3 is 5.97 Å². The number of esters is 1. The van der Waals surface area contributed by atoms with Gasteiger partial charge in [-0.2, -0.15) is 0 Å². The van der Waals surface area contributed by atoms with E-state index < -0.39 is 59.8 Å². The number of amides is 3. The Morgan fingerprint density at radius 1 is 1.10 bits per heavy atom. The fourth-order valence-electron chi connectivity index (χ4n) is 4.27. The lowest BCUT2D eigenvalue weighted by Gasteiger charge is -2.34. The average Bonchev–Trinajstić information content (AvgIpc) is 2.90. The molecule has 0 bridgehead atoms. The Labute approximate surface area is 226 Å². The van der Waals surface area contributed by atoms with Gasteiger partial charge in [-0.25, -0.2) is 9.78 Å². The lowest BCUT2D eigenvalue weighted by Crippen LogP contribution is -2.57. The second-order valence-electron chi connectivity index (χ2n) is 10.0. The predicted molar refractivity (Wildman–Crippen MR) is 139 cm³/mol.